The monoisotopic (exact) mass is 267 g/mol. The van der Waals surface area contributed by atoms with Crippen LogP contribution < -0.4 is 5.32 Å². The van der Waals surface area contributed by atoms with Crippen LogP contribution in [-0.2, 0) is 0 Å². The highest BCUT2D eigenvalue weighted by atomic mass is 127. The molecule has 11 heavy (non-hydrogen) atoms. The minimum Gasteiger partial charge on any atom is -0.317 e. The van der Waals surface area contributed by atoms with Crippen molar-refractivity contribution in [2.75, 3.05) is 13.1 Å². The van der Waals surface area contributed by atoms with E-state index in [0.29, 0.717) is 0 Å². The van der Waals surface area contributed by atoms with Crippen molar-refractivity contribution in [1.29, 1.82) is 0 Å². The van der Waals surface area contributed by atoms with Gasteiger partial charge < -0.3 is 5.32 Å². The highest BCUT2D eigenvalue weighted by molar-refractivity contribution is 14.1. The van der Waals surface area contributed by atoms with Crippen molar-refractivity contribution in [3.63, 3.8) is 0 Å². The van der Waals surface area contributed by atoms with Crippen LogP contribution in [-0.4, -0.2) is 17.0 Å². The van der Waals surface area contributed by atoms with E-state index in [2.05, 4.69) is 34.8 Å². The lowest BCUT2D eigenvalue weighted by Crippen LogP contribution is -2.31. The van der Waals surface area contributed by atoms with Gasteiger partial charge in [0.1, 0.15) is 0 Å². The molecule has 0 aromatic carbocycles. The molecule has 1 aliphatic rings. The Morgan fingerprint density at radius 1 is 1.45 bits per heavy atom. The summed E-state index contributed by atoms with van der Waals surface area (Å²) < 4.78 is 0.930. The highest BCUT2D eigenvalue weighted by Crippen LogP contribution is 2.26. The lowest BCUT2D eigenvalue weighted by atomic mass is 9.93. The van der Waals surface area contributed by atoms with E-state index in [0.717, 1.165) is 9.84 Å². The molecular formula is C9H18IN. The third kappa shape index (κ3) is 3.28. The summed E-state index contributed by atoms with van der Waals surface area (Å²) in [4.78, 5) is 0. The molecule has 1 aliphatic heterocycles. The van der Waals surface area contributed by atoms with E-state index in [-0.39, 0.29) is 0 Å². The zero-order chi connectivity index (χ0) is 8.10. The van der Waals surface area contributed by atoms with Gasteiger partial charge in [0.2, 0.25) is 0 Å². The predicted octanol–water partition coefficient (Wildman–Crippen LogP) is 2.59. The predicted molar refractivity (Wildman–Crippen MR) is 58.3 cm³/mol. The second-order valence-electron chi connectivity index (χ2n) is 3.39. The number of halogens is 1. The Kier molecular flexibility index (Phi) is 4.76. The van der Waals surface area contributed by atoms with Gasteiger partial charge in [-0.05, 0) is 38.3 Å². The van der Waals surface area contributed by atoms with Crippen molar-refractivity contribution >= 4 is 22.6 Å². The summed E-state index contributed by atoms with van der Waals surface area (Å²) in [6, 6.07) is 0. The minimum absolute atomic E-state index is 0.930. The van der Waals surface area contributed by atoms with E-state index < -0.39 is 0 Å². The van der Waals surface area contributed by atoms with Crippen LogP contribution in [0.15, 0.2) is 0 Å². The quantitative estimate of drug-likeness (QED) is 0.612. The average molecular weight is 267 g/mol. The summed E-state index contributed by atoms with van der Waals surface area (Å²) in [6.45, 7) is 4.77. The number of nitrogens with one attached hydrogen (secondary N) is 1. The number of hydrogen-bond donors (Lipinski definition) is 1. The van der Waals surface area contributed by atoms with Crippen LogP contribution in [0.1, 0.15) is 32.6 Å². The van der Waals surface area contributed by atoms with Crippen LogP contribution in [0.5, 0.6) is 0 Å². The third-order valence-electron chi connectivity index (χ3n) is 2.46. The van der Waals surface area contributed by atoms with Crippen LogP contribution >= 0.6 is 22.6 Å². The Balaban J connectivity index is 2.21. The van der Waals surface area contributed by atoms with Gasteiger partial charge in [-0.2, -0.15) is 0 Å². The lowest BCUT2D eigenvalue weighted by molar-refractivity contribution is 0.363. The van der Waals surface area contributed by atoms with Crippen molar-refractivity contribution in [3.05, 3.63) is 0 Å². The fourth-order valence-corrected chi connectivity index (χ4v) is 3.06. The first-order valence-corrected chi connectivity index (χ1v) is 5.94. The maximum absolute atomic E-state index is 3.41. The fourth-order valence-electron chi connectivity index (χ4n) is 1.72. The van der Waals surface area contributed by atoms with Crippen LogP contribution in [0.3, 0.4) is 0 Å². The summed E-state index contributed by atoms with van der Waals surface area (Å²) >= 11 is 2.63. The van der Waals surface area contributed by atoms with Crippen LogP contribution in [0.2, 0.25) is 0 Å². The molecule has 0 amide bonds. The van der Waals surface area contributed by atoms with Gasteiger partial charge in [-0.1, -0.05) is 35.9 Å². The van der Waals surface area contributed by atoms with Gasteiger partial charge in [0, 0.05) is 3.92 Å². The molecule has 1 heterocycles. The molecule has 0 saturated carbocycles. The molecule has 2 heteroatoms. The molecule has 1 unspecified atom stereocenters. The highest BCUT2D eigenvalue weighted by Gasteiger charge is 2.19. The van der Waals surface area contributed by atoms with Crippen molar-refractivity contribution in [3.8, 4) is 0 Å². The number of piperidine rings is 1. The Hall–Kier alpha value is 0.690. The first kappa shape index (κ1) is 9.78. The van der Waals surface area contributed by atoms with Crippen LogP contribution in [0.25, 0.3) is 0 Å². The second-order valence-corrected chi connectivity index (χ2v) is 4.99. The molecule has 1 saturated heterocycles. The van der Waals surface area contributed by atoms with E-state index in [4.69, 9.17) is 0 Å². The van der Waals surface area contributed by atoms with Gasteiger partial charge in [-0.15, -0.1) is 0 Å². The number of rotatable bonds is 3. The van der Waals surface area contributed by atoms with Gasteiger partial charge in [0.05, 0.1) is 0 Å². The molecular weight excluding hydrogens is 249 g/mol. The van der Waals surface area contributed by atoms with E-state index in [1.165, 1.54) is 38.8 Å². The van der Waals surface area contributed by atoms with E-state index in [1.54, 1.807) is 0 Å². The Morgan fingerprint density at radius 2 is 2.09 bits per heavy atom. The first-order chi connectivity index (χ1) is 5.34. The third-order valence-corrected chi connectivity index (χ3v) is 4.10. The van der Waals surface area contributed by atoms with Gasteiger partial charge >= 0.3 is 0 Å². The summed E-state index contributed by atoms with van der Waals surface area (Å²) in [6.07, 6.45) is 5.55. The standard InChI is InChI=1S/C9H18IN/c1-2-3-9(10)8-4-6-11-7-5-8/h8-9,11H,2-7H2,1H3. The van der Waals surface area contributed by atoms with E-state index in [9.17, 15) is 0 Å². The Bertz CT molecular complexity index is 99.7. The Morgan fingerprint density at radius 3 is 2.64 bits per heavy atom. The minimum atomic E-state index is 0.930. The summed E-state index contributed by atoms with van der Waals surface area (Å²) in [5, 5.41) is 3.41. The second kappa shape index (κ2) is 5.36. The van der Waals surface area contributed by atoms with E-state index in [1.807, 2.05) is 0 Å². The smallest absolute Gasteiger partial charge is 0.0139 e. The van der Waals surface area contributed by atoms with Gasteiger partial charge in [-0.25, -0.2) is 0 Å². The maximum atomic E-state index is 3.41. The first-order valence-electron chi connectivity index (χ1n) is 4.69. The molecule has 0 radical (unpaired) electrons. The number of alkyl halides is 1. The molecule has 1 atom stereocenters. The largest absolute Gasteiger partial charge is 0.317 e. The topological polar surface area (TPSA) is 12.0 Å². The molecule has 66 valence electrons. The molecule has 0 aliphatic carbocycles. The molecule has 1 rings (SSSR count). The van der Waals surface area contributed by atoms with Crippen LogP contribution in [0.4, 0.5) is 0 Å². The van der Waals surface area contributed by atoms with Crippen molar-refractivity contribution in [1.82, 2.24) is 5.32 Å². The Labute approximate surface area is 83.5 Å². The van der Waals surface area contributed by atoms with Crippen molar-refractivity contribution in [2.24, 2.45) is 5.92 Å². The van der Waals surface area contributed by atoms with Gasteiger partial charge in [0.25, 0.3) is 0 Å². The molecule has 1 fully saturated rings. The average Bonchev–Trinajstić information content (AvgIpc) is 2.07. The van der Waals surface area contributed by atoms with E-state index >= 15 is 0 Å². The summed E-state index contributed by atoms with van der Waals surface area (Å²) in [5.74, 6) is 0.997. The summed E-state index contributed by atoms with van der Waals surface area (Å²) in [7, 11) is 0. The molecule has 1 N–H and O–H groups in total. The molecule has 1 nitrogen and oxygen atoms in total. The zero-order valence-electron chi connectivity index (χ0n) is 7.28. The van der Waals surface area contributed by atoms with Crippen molar-refractivity contribution < 1.29 is 0 Å². The summed E-state index contributed by atoms with van der Waals surface area (Å²) in [5.41, 5.74) is 0. The normalized spacial score (nSPS) is 23.5. The molecule has 0 bridgehead atoms. The van der Waals surface area contributed by atoms with Gasteiger partial charge in [-0.3, -0.25) is 0 Å². The molecule has 0 aromatic heterocycles. The number of hydrogen-bond acceptors (Lipinski definition) is 1. The lowest BCUT2D eigenvalue weighted by Gasteiger charge is -2.26. The molecule has 0 aromatic rings. The molecule has 0 spiro atoms. The fraction of sp³-hybridized carbons (Fsp3) is 1.00. The SMILES string of the molecule is CCCC(I)C1CCNCC1. The van der Waals surface area contributed by atoms with Crippen molar-refractivity contribution in [2.45, 2.75) is 36.5 Å². The zero-order valence-corrected chi connectivity index (χ0v) is 9.43. The van der Waals surface area contributed by atoms with Crippen LogP contribution in [0, 0.1) is 5.92 Å². The maximum Gasteiger partial charge on any atom is 0.0139 e. The van der Waals surface area contributed by atoms with Gasteiger partial charge in [0.15, 0.2) is 0 Å².